The summed E-state index contributed by atoms with van der Waals surface area (Å²) in [6.45, 7) is 1.45. The van der Waals surface area contributed by atoms with Gasteiger partial charge in [0.1, 0.15) is 11.6 Å². The van der Waals surface area contributed by atoms with Crippen LogP contribution < -0.4 is 4.74 Å². The molecule has 0 spiro atoms. The number of ether oxygens (including phenoxy) is 1. The molecule has 0 aliphatic carbocycles. The molecule has 0 saturated heterocycles. The summed E-state index contributed by atoms with van der Waals surface area (Å²) < 4.78 is 19.2. The molecule has 21 heavy (non-hydrogen) atoms. The van der Waals surface area contributed by atoms with Crippen molar-refractivity contribution in [3.05, 3.63) is 62.4 Å². The number of rotatable bonds is 4. The van der Waals surface area contributed by atoms with Crippen LogP contribution in [0.4, 0.5) is 10.1 Å². The maximum atomic E-state index is 13.2. The van der Waals surface area contributed by atoms with Gasteiger partial charge in [-0.05, 0) is 47.1 Å². The molecule has 0 aliphatic heterocycles. The second-order valence-electron chi connectivity index (χ2n) is 4.31. The van der Waals surface area contributed by atoms with E-state index < -0.39 is 16.8 Å². The van der Waals surface area contributed by atoms with Crippen LogP contribution in [-0.2, 0) is 0 Å². The van der Waals surface area contributed by atoms with Gasteiger partial charge in [-0.3, -0.25) is 10.1 Å². The molecule has 0 fully saturated rings. The Hall–Kier alpha value is -1.99. The average Bonchev–Trinajstić information content (AvgIpc) is 2.42. The van der Waals surface area contributed by atoms with Crippen molar-refractivity contribution >= 4 is 21.6 Å². The summed E-state index contributed by atoms with van der Waals surface area (Å²) in [6, 6.07) is 8.00. The Kier molecular flexibility index (Phi) is 4.54. The summed E-state index contributed by atoms with van der Waals surface area (Å²) in [5.74, 6) is -0.378. The molecule has 0 heterocycles. The van der Waals surface area contributed by atoms with Crippen LogP contribution in [0, 0.1) is 15.9 Å². The Morgan fingerprint density at radius 1 is 1.38 bits per heavy atom. The lowest BCUT2D eigenvalue weighted by Gasteiger charge is -2.14. The van der Waals surface area contributed by atoms with Gasteiger partial charge in [0.2, 0.25) is 5.75 Å². The van der Waals surface area contributed by atoms with Crippen LogP contribution in [0.5, 0.6) is 11.5 Å². The number of aliphatic hydroxyl groups excluding tert-OH is 1. The Morgan fingerprint density at radius 3 is 2.71 bits per heavy atom. The highest BCUT2D eigenvalue weighted by Crippen LogP contribution is 2.40. The highest BCUT2D eigenvalue weighted by Gasteiger charge is 2.21. The summed E-state index contributed by atoms with van der Waals surface area (Å²) in [5.41, 5.74) is -0.0229. The molecule has 1 atom stereocenters. The quantitative estimate of drug-likeness (QED) is 0.653. The Morgan fingerprint density at radius 2 is 2.10 bits per heavy atom. The van der Waals surface area contributed by atoms with Crippen LogP contribution >= 0.6 is 15.9 Å². The van der Waals surface area contributed by atoms with Crippen molar-refractivity contribution in [1.82, 2.24) is 0 Å². The molecular weight excluding hydrogens is 345 g/mol. The van der Waals surface area contributed by atoms with Crippen LogP contribution in [-0.4, -0.2) is 10.0 Å². The third kappa shape index (κ3) is 3.37. The monoisotopic (exact) mass is 355 g/mol. The lowest BCUT2D eigenvalue weighted by Crippen LogP contribution is -1.99. The van der Waals surface area contributed by atoms with E-state index in [1.807, 2.05) is 0 Å². The number of para-hydroxylation sites is 1. The third-order valence-corrected chi connectivity index (χ3v) is 3.40. The van der Waals surface area contributed by atoms with Crippen molar-refractivity contribution in [2.24, 2.45) is 0 Å². The molecule has 0 aromatic heterocycles. The molecule has 0 aliphatic rings. The molecule has 5 nitrogen and oxygen atoms in total. The van der Waals surface area contributed by atoms with E-state index in [0.717, 1.165) is 12.1 Å². The van der Waals surface area contributed by atoms with Gasteiger partial charge >= 0.3 is 5.69 Å². The second-order valence-corrected chi connectivity index (χ2v) is 5.16. The van der Waals surface area contributed by atoms with E-state index in [1.54, 1.807) is 6.07 Å². The van der Waals surface area contributed by atoms with Gasteiger partial charge < -0.3 is 9.84 Å². The van der Waals surface area contributed by atoms with E-state index in [9.17, 15) is 19.6 Å². The Labute approximate surface area is 128 Å². The SMILES string of the molecule is C[C@H](O)c1cc(F)ccc1Oc1c(Br)cccc1[N+](=O)[O-]. The zero-order chi connectivity index (χ0) is 15.6. The van der Waals surface area contributed by atoms with Crippen LogP contribution in [0.1, 0.15) is 18.6 Å². The summed E-state index contributed by atoms with van der Waals surface area (Å²) >= 11 is 3.18. The van der Waals surface area contributed by atoms with Gasteiger partial charge in [-0.2, -0.15) is 0 Å². The molecule has 0 saturated carbocycles. The molecule has 0 bridgehead atoms. The molecule has 0 unspecified atom stereocenters. The van der Waals surface area contributed by atoms with Crippen molar-refractivity contribution in [3.63, 3.8) is 0 Å². The standard InChI is InChI=1S/C14H11BrFNO4/c1-8(18)10-7-9(16)5-6-13(10)21-14-11(15)3-2-4-12(14)17(19)20/h2-8,18H,1H3/t8-/m0/s1. The van der Waals surface area contributed by atoms with Gasteiger partial charge in [0, 0.05) is 11.6 Å². The predicted molar refractivity (Wildman–Crippen MR) is 77.9 cm³/mol. The largest absolute Gasteiger partial charge is 0.449 e. The summed E-state index contributed by atoms with van der Waals surface area (Å²) in [7, 11) is 0. The summed E-state index contributed by atoms with van der Waals surface area (Å²) in [6.07, 6.45) is -0.975. The van der Waals surface area contributed by atoms with E-state index in [0.29, 0.717) is 4.47 Å². The van der Waals surface area contributed by atoms with Crippen LogP contribution in [0.3, 0.4) is 0 Å². The fourth-order valence-electron chi connectivity index (χ4n) is 1.79. The van der Waals surface area contributed by atoms with Crippen LogP contribution in [0.25, 0.3) is 0 Å². The fourth-order valence-corrected chi connectivity index (χ4v) is 2.23. The first-order valence-corrected chi connectivity index (χ1v) is 6.77. The van der Waals surface area contributed by atoms with Gasteiger partial charge in [0.25, 0.3) is 0 Å². The van der Waals surface area contributed by atoms with Crippen molar-refractivity contribution in [2.45, 2.75) is 13.0 Å². The minimum Gasteiger partial charge on any atom is -0.449 e. The molecule has 110 valence electrons. The van der Waals surface area contributed by atoms with E-state index in [-0.39, 0.29) is 22.7 Å². The minimum absolute atomic E-state index is 0.00370. The van der Waals surface area contributed by atoms with Crippen molar-refractivity contribution in [1.29, 1.82) is 0 Å². The number of nitro groups is 1. The number of nitrogens with zero attached hydrogens (tertiary/aromatic N) is 1. The van der Waals surface area contributed by atoms with E-state index in [1.165, 1.54) is 25.1 Å². The highest BCUT2D eigenvalue weighted by atomic mass is 79.9. The maximum Gasteiger partial charge on any atom is 0.312 e. The first-order chi connectivity index (χ1) is 9.90. The van der Waals surface area contributed by atoms with Gasteiger partial charge in [-0.25, -0.2) is 4.39 Å². The van der Waals surface area contributed by atoms with Crippen LogP contribution in [0.15, 0.2) is 40.9 Å². The van der Waals surface area contributed by atoms with E-state index >= 15 is 0 Å². The highest BCUT2D eigenvalue weighted by molar-refractivity contribution is 9.10. The van der Waals surface area contributed by atoms with Crippen LogP contribution in [0.2, 0.25) is 0 Å². The first-order valence-electron chi connectivity index (χ1n) is 5.98. The molecule has 0 amide bonds. The number of hydrogen-bond donors (Lipinski definition) is 1. The molecule has 0 radical (unpaired) electrons. The maximum absolute atomic E-state index is 13.2. The van der Waals surface area contributed by atoms with Crippen molar-refractivity contribution < 1.29 is 19.2 Å². The smallest absolute Gasteiger partial charge is 0.312 e. The third-order valence-electron chi connectivity index (χ3n) is 2.78. The topological polar surface area (TPSA) is 72.6 Å². The van der Waals surface area contributed by atoms with Gasteiger partial charge in [0.05, 0.1) is 15.5 Å². The molecular formula is C14H11BrFNO4. The molecule has 2 rings (SSSR count). The van der Waals surface area contributed by atoms with Gasteiger partial charge in [-0.1, -0.05) is 6.07 Å². The van der Waals surface area contributed by atoms with Crippen molar-refractivity contribution in [2.75, 3.05) is 0 Å². The number of halogens is 2. The Balaban J connectivity index is 2.51. The number of nitro benzene ring substituents is 1. The van der Waals surface area contributed by atoms with E-state index in [4.69, 9.17) is 4.74 Å². The molecule has 2 aromatic carbocycles. The van der Waals surface area contributed by atoms with Crippen molar-refractivity contribution in [3.8, 4) is 11.5 Å². The number of benzene rings is 2. The van der Waals surface area contributed by atoms with E-state index in [2.05, 4.69) is 15.9 Å². The van der Waals surface area contributed by atoms with Gasteiger partial charge in [-0.15, -0.1) is 0 Å². The minimum atomic E-state index is -0.975. The fraction of sp³-hybridized carbons (Fsp3) is 0.143. The predicted octanol–water partition coefficient (Wildman–Crippen LogP) is 4.34. The zero-order valence-corrected chi connectivity index (χ0v) is 12.5. The first kappa shape index (κ1) is 15.4. The average molecular weight is 356 g/mol. The van der Waals surface area contributed by atoms with Gasteiger partial charge in [0.15, 0.2) is 0 Å². The lowest BCUT2D eigenvalue weighted by atomic mass is 10.1. The normalized spacial score (nSPS) is 12.0. The lowest BCUT2D eigenvalue weighted by molar-refractivity contribution is -0.385. The number of aliphatic hydroxyl groups is 1. The summed E-state index contributed by atoms with van der Waals surface area (Å²) in [4.78, 5) is 10.5. The molecule has 1 N–H and O–H groups in total. The number of hydrogen-bond acceptors (Lipinski definition) is 4. The molecule has 2 aromatic rings. The Bertz CT molecular complexity index is 691. The second kappa shape index (κ2) is 6.19. The zero-order valence-electron chi connectivity index (χ0n) is 10.9. The molecule has 7 heteroatoms. The summed E-state index contributed by atoms with van der Waals surface area (Å²) in [5, 5.41) is 20.7.